The van der Waals surface area contributed by atoms with Crippen LogP contribution in [0.5, 0.6) is 0 Å². The molecular weight excluding hydrogens is 230 g/mol. The van der Waals surface area contributed by atoms with Gasteiger partial charge >= 0.3 is 0 Å². The van der Waals surface area contributed by atoms with Gasteiger partial charge in [0.25, 0.3) is 5.56 Å². The first kappa shape index (κ1) is 12.8. The van der Waals surface area contributed by atoms with Gasteiger partial charge in [0.1, 0.15) is 0 Å². The summed E-state index contributed by atoms with van der Waals surface area (Å²) in [5.41, 5.74) is 0.631. The lowest BCUT2D eigenvalue weighted by molar-refractivity contribution is -0.120. The predicted molar refractivity (Wildman–Crippen MR) is 70.6 cm³/mol. The Labute approximate surface area is 106 Å². The summed E-state index contributed by atoms with van der Waals surface area (Å²) in [7, 11) is 0. The van der Waals surface area contributed by atoms with Crippen LogP contribution in [0.3, 0.4) is 0 Å². The Hall–Kier alpha value is -1.62. The molecule has 1 amide bonds. The van der Waals surface area contributed by atoms with Crippen LogP contribution in [-0.2, 0) is 11.3 Å². The lowest BCUT2D eigenvalue weighted by Crippen LogP contribution is -2.32. The minimum absolute atomic E-state index is 0.00649. The van der Waals surface area contributed by atoms with E-state index in [1.807, 2.05) is 13.8 Å². The molecular formula is C13H19N3O2. The number of hydrogen-bond acceptors (Lipinski definition) is 3. The first-order valence-corrected chi connectivity index (χ1v) is 6.36. The van der Waals surface area contributed by atoms with E-state index in [0.29, 0.717) is 12.2 Å². The molecule has 1 aromatic heterocycles. The molecule has 2 unspecified atom stereocenters. The van der Waals surface area contributed by atoms with Gasteiger partial charge in [-0.2, -0.15) is 0 Å². The van der Waals surface area contributed by atoms with Gasteiger partial charge in [-0.15, -0.1) is 0 Å². The number of amides is 1. The van der Waals surface area contributed by atoms with Crippen molar-refractivity contribution in [2.45, 2.75) is 32.9 Å². The Morgan fingerprint density at radius 3 is 2.94 bits per heavy atom. The van der Waals surface area contributed by atoms with Crippen molar-refractivity contribution in [3.8, 4) is 0 Å². The van der Waals surface area contributed by atoms with Crippen LogP contribution in [0.4, 0.5) is 5.69 Å². The van der Waals surface area contributed by atoms with Gasteiger partial charge in [-0.25, -0.2) is 0 Å². The molecule has 1 fully saturated rings. The average molecular weight is 249 g/mol. The predicted octanol–water partition coefficient (Wildman–Crippen LogP) is 0.805. The highest BCUT2D eigenvalue weighted by Gasteiger charge is 2.29. The molecule has 2 atom stereocenters. The zero-order valence-electron chi connectivity index (χ0n) is 10.8. The van der Waals surface area contributed by atoms with Gasteiger partial charge in [-0.1, -0.05) is 0 Å². The van der Waals surface area contributed by atoms with Crippen LogP contribution in [-0.4, -0.2) is 23.1 Å². The van der Waals surface area contributed by atoms with Gasteiger partial charge in [0.2, 0.25) is 5.91 Å². The molecule has 0 spiro atoms. The summed E-state index contributed by atoms with van der Waals surface area (Å²) in [6.45, 7) is 5.40. The quantitative estimate of drug-likeness (QED) is 0.833. The summed E-state index contributed by atoms with van der Waals surface area (Å²) in [6, 6.07) is 3.34. The monoisotopic (exact) mass is 249 g/mol. The third-order valence-corrected chi connectivity index (χ3v) is 3.45. The van der Waals surface area contributed by atoms with E-state index in [4.69, 9.17) is 0 Å². The van der Waals surface area contributed by atoms with Gasteiger partial charge in [0.15, 0.2) is 0 Å². The summed E-state index contributed by atoms with van der Waals surface area (Å²) in [5.74, 6) is 0.0285. The van der Waals surface area contributed by atoms with Crippen molar-refractivity contribution in [2.24, 2.45) is 5.92 Å². The maximum atomic E-state index is 12.1. The Balaban J connectivity index is 2.09. The minimum Gasteiger partial charge on any atom is -0.324 e. The van der Waals surface area contributed by atoms with E-state index in [1.165, 1.54) is 6.07 Å². The number of hydrogen-bond donors (Lipinski definition) is 2. The van der Waals surface area contributed by atoms with Crippen molar-refractivity contribution in [1.82, 2.24) is 9.88 Å². The van der Waals surface area contributed by atoms with Crippen molar-refractivity contribution < 1.29 is 4.79 Å². The van der Waals surface area contributed by atoms with E-state index in [-0.39, 0.29) is 23.4 Å². The molecule has 0 aromatic carbocycles. The fourth-order valence-electron chi connectivity index (χ4n) is 2.30. The molecule has 1 aliphatic heterocycles. The molecule has 0 bridgehead atoms. The smallest absolute Gasteiger partial charge is 0.250 e. The zero-order chi connectivity index (χ0) is 13.1. The van der Waals surface area contributed by atoms with E-state index >= 15 is 0 Å². The molecule has 2 rings (SSSR count). The van der Waals surface area contributed by atoms with Crippen molar-refractivity contribution in [3.63, 3.8) is 0 Å². The Kier molecular flexibility index (Phi) is 3.81. The maximum Gasteiger partial charge on any atom is 0.250 e. The van der Waals surface area contributed by atoms with E-state index < -0.39 is 0 Å². The second kappa shape index (κ2) is 5.35. The van der Waals surface area contributed by atoms with Crippen molar-refractivity contribution >= 4 is 11.6 Å². The van der Waals surface area contributed by atoms with Crippen LogP contribution in [0.2, 0.25) is 0 Å². The summed E-state index contributed by atoms with van der Waals surface area (Å²) < 4.78 is 1.58. The average Bonchev–Trinajstić information content (AvgIpc) is 2.78. The molecule has 0 aliphatic carbocycles. The van der Waals surface area contributed by atoms with Crippen LogP contribution in [0, 0.1) is 5.92 Å². The van der Waals surface area contributed by atoms with E-state index in [0.717, 1.165) is 13.0 Å². The van der Waals surface area contributed by atoms with Crippen molar-refractivity contribution in [2.75, 3.05) is 11.9 Å². The number of rotatable bonds is 3. The Bertz CT molecular complexity index is 495. The summed E-state index contributed by atoms with van der Waals surface area (Å²) in [5, 5.41) is 6.13. The first-order chi connectivity index (χ1) is 8.61. The van der Waals surface area contributed by atoms with Crippen LogP contribution >= 0.6 is 0 Å². The standard InChI is InChI=1S/C13H19N3O2/c1-3-16-8-10(4-5-12(16)17)15-13(18)11-6-7-14-9(11)2/h4-5,8-9,11,14H,3,6-7H2,1-2H3,(H,15,18). The largest absolute Gasteiger partial charge is 0.324 e. The molecule has 5 heteroatoms. The van der Waals surface area contributed by atoms with Crippen LogP contribution in [0.25, 0.3) is 0 Å². The number of anilines is 1. The molecule has 2 heterocycles. The van der Waals surface area contributed by atoms with Gasteiger partial charge in [0, 0.05) is 24.8 Å². The fourth-order valence-corrected chi connectivity index (χ4v) is 2.30. The van der Waals surface area contributed by atoms with Crippen molar-refractivity contribution in [3.05, 3.63) is 28.7 Å². The maximum absolute atomic E-state index is 12.1. The normalized spacial score (nSPS) is 23.0. The molecule has 2 N–H and O–H groups in total. The molecule has 5 nitrogen and oxygen atoms in total. The van der Waals surface area contributed by atoms with E-state index in [2.05, 4.69) is 10.6 Å². The molecule has 0 saturated carbocycles. The number of aromatic nitrogens is 1. The zero-order valence-corrected chi connectivity index (χ0v) is 10.8. The second-order valence-electron chi connectivity index (χ2n) is 4.67. The van der Waals surface area contributed by atoms with Crippen molar-refractivity contribution in [1.29, 1.82) is 0 Å². The van der Waals surface area contributed by atoms with Crippen LogP contribution in [0.15, 0.2) is 23.1 Å². The van der Waals surface area contributed by atoms with Gasteiger partial charge in [-0.05, 0) is 32.9 Å². The van der Waals surface area contributed by atoms with E-state index in [1.54, 1.807) is 16.8 Å². The summed E-state index contributed by atoms with van der Waals surface area (Å²) in [6.07, 6.45) is 2.55. The van der Waals surface area contributed by atoms with Gasteiger partial charge in [-0.3, -0.25) is 9.59 Å². The van der Waals surface area contributed by atoms with Crippen LogP contribution in [0.1, 0.15) is 20.3 Å². The molecule has 98 valence electrons. The third kappa shape index (κ3) is 2.61. The summed E-state index contributed by atoms with van der Waals surface area (Å²) in [4.78, 5) is 23.5. The topological polar surface area (TPSA) is 63.1 Å². The lowest BCUT2D eigenvalue weighted by Gasteiger charge is -2.15. The number of carbonyl (C=O) groups is 1. The van der Waals surface area contributed by atoms with Gasteiger partial charge in [0.05, 0.1) is 11.6 Å². The lowest BCUT2D eigenvalue weighted by atomic mass is 10.0. The minimum atomic E-state index is -0.0496. The number of aryl methyl sites for hydroxylation is 1. The molecule has 0 radical (unpaired) electrons. The van der Waals surface area contributed by atoms with Gasteiger partial charge < -0.3 is 15.2 Å². The number of nitrogens with one attached hydrogen (secondary N) is 2. The Morgan fingerprint density at radius 1 is 1.56 bits per heavy atom. The molecule has 1 aromatic rings. The van der Waals surface area contributed by atoms with Crippen LogP contribution < -0.4 is 16.2 Å². The highest BCUT2D eigenvalue weighted by molar-refractivity contribution is 5.93. The SMILES string of the molecule is CCn1cc(NC(=O)C2CCNC2C)ccc1=O. The molecule has 1 aliphatic rings. The fraction of sp³-hybridized carbons (Fsp3) is 0.538. The first-order valence-electron chi connectivity index (χ1n) is 6.36. The number of nitrogens with zero attached hydrogens (tertiary/aromatic N) is 1. The Morgan fingerprint density at radius 2 is 2.33 bits per heavy atom. The third-order valence-electron chi connectivity index (χ3n) is 3.45. The highest BCUT2D eigenvalue weighted by atomic mass is 16.2. The molecule has 18 heavy (non-hydrogen) atoms. The highest BCUT2D eigenvalue weighted by Crippen LogP contribution is 2.17. The number of carbonyl (C=O) groups excluding carboxylic acids is 1. The summed E-state index contributed by atoms with van der Waals surface area (Å²) >= 11 is 0. The second-order valence-corrected chi connectivity index (χ2v) is 4.67. The number of pyridine rings is 1. The van der Waals surface area contributed by atoms with E-state index in [9.17, 15) is 9.59 Å². The molecule has 1 saturated heterocycles.